The summed E-state index contributed by atoms with van der Waals surface area (Å²) in [5, 5.41) is 0. The van der Waals surface area contributed by atoms with Crippen LogP contribution < -0.4 is 16.2 Å². The first-order chi connectivity index (χ1) is 7.50. The van der Waals surface area contributed by atoms with E-state index in [1.165, 1.54) is 18.2 Å². The van der Waals surface area contributed by atoms with Gasteiger partial charge in [0, 0.05) is 18.0 Å². The van der Waals surface area contributed by atoms with Crippen LogP contribution in [0.2, 0.25) is 0 Å². The summed E-state index contributed by atoms with van der Waals surface area (Å²) in [6.45, 7) is -2.93. The van der Waals surface area contributed by atoms with Gasteiger partial charge in [-0.05, 0) is 6.07 Å². The summed E-state index contributed by atoms with van der Waals surface area (Å²) in [6.07, 6.45) is -0.121. The maximum atomic E-state index is 12.1. The van der Waals surface area contributed by atoms with Crippen LogP contribution in [-0.4, -0.2) is 12.5 Å². The van der Waals surface area contributed by atoms with Crippen LogP contribution >= 0.6 is 0 Å². The van der Waals surface area contributed by atoms with E-state index in [1.54, 1.807) is 6.07 Å². The zero-order valence-corrected chi connectivity index (χ0v) is 8.40. The van der Waals surface area contributed by atoms with Crippen molar-refractivity contribution in [1.82, 2.24) is 0 Å². The fourth-order valence-corrected chi connectivity index (χ4v) is 1.32. The summed E-state index contributed by atoms with van der Waals surface area (Å²) < 4.78 is 28.4. The number of carbonyl (C=O) groups excluding carboxylic acids is 1. The Kier molecular flexibility index (Phi) is 4.19. The predicted molar refractivity (Wildman–Crippen MR) is 53.8 cm³/mol. The van der Waals surface area contributed by atoms with E-state index in [9.17, 15) is 13.6 Å². The smallest absolute Gasteiger partial charge is 0.387 e. The minimum atomic E-state index is -2.93. The molecule has 4 nitrogen and oxygen atoms in total. The highest BCUT2D eigenvalue weighted by atomic mass is 19.3. The Balaban J connectivity index is 2.89. The van der Waals surface area contributed by atoms with Crippen molar-refractivity contribution < 1.29 is 18.3 Å². The molecule has 1 aromatic rings. The topological polar surface area (TPSA) is 78.3 Å². The number of alkyl halides is 2. The van der Waals surface area contributed by atoms with Crippen LogP contribution in [0.3, 0.4) is 0 Å². The van der Waals surface area contributed by atoms with Crippen molar-refractivity contribution in [3.05, 3.63) is 29.8 Å². The molecule has 4 N–H and O–H groups in total. The van der Waals surface area contributed by atoms with Crippen LogP contribution in [0, 0.1) is 0 Å². The summed E-state index contributed by atoms with van der Waals surface area (Å²) >= 11 is 0. The maximum Gasteiger partial charge on any atom is 0.387 e. The van der Waals surface area contributed by atoms with E-state index in [2.05, 4.69) is 4.74 Å². The second-order valence-electron chi connectivity index (χ2n) is 3.19. The van der Waals surface area contributed by atoms with E-state index in [4.69, 9.17) is 11.5 Å². The highest BCUT2D eigenvalue weighted by Gasteiger charge is 2.16. The van der Waals surface area contributed by atoms with E-state index in [-0.39, 0.29) is 12.2 Å². The fraction of sp³-hybridized carbons (Fsp3) is 0.300. The summed E-state index contributed by atoms with van der Waals surface area (Å²) in [7, 11) is 0. The fourth-order valence-electron chi connectivity index (χ4n) is 1.32. The zero-order chi connectivity index (χ0) is 12.1. The Bertz CT molecular complexity index is 372. The molecule has 0 spiro atoms. The van der Waals surface area contributed by atoms with Crippen molar-refractivity contribution in [2.75, 3.05) is 0 Å². The number of hydrogen-bond donors (Lipinski definition) is 2. The standard InChI is InChI=1S/C10H12F2N2O2/c11-10(12)16-8-4-2-1-3-6(8)7(13)5-9(14)15/h1-4,7,10H,5,13H2,(H2,14,15)/t7-/m0/s1. The van der Waals surface area contributed by atoms with Gasteiger partial charge in [-0.1, -0.05) is 18.2 Å². The Morgan fingerprint density at radius 1 is 1.38 bits per heavy atom. The SMILES string of the molecule is NC(=O)C[C@H](N)c1ccccc1OC(F)F. The van der Waals surface area contributed by atoms with Gasteiger partial charge in [-0.15, -0.1) is 0 Å². The minimum Gasteiger partial charge on any atom is -0.434 e. The summed E-state index contributed by atoms with van der Waals surface area (Å²) in [5.41, 5.74) is 11.0. The van der Waals surface area contributed by atoms with Crippen molar-refractivity contribution in [2.24, 2.45) is 11.5 Å². The molecule has 0 bridgehead atoms. The third-order valence-electron chi connectivity index (χ3n) is 1.96. The molecule has 88 valence electrons. The highest BCUT2D eigenvalue weighted by Crippen LogP contribution is 2.26. The third kappa shape index (κ3) is 3.47. The van der Waals surface area contributed by atoms with Crippen molar-refractivity contribution in [2.45, 2.75) is 19.1 Å². The van der Waals surface area contributed by atoms with Gasteiger partial charge < -0.3 is 16.2 Å². The minimum absolute atomic E-state index is 0.0359. The normalized spacial score (nSPS) is 12.5. The first-order valence-electron chi connectivity index (χ1n) is 4.58. The number of halogens is 2. The summed E-state index contributed by atoms with van der Waals surface area (Å²) in [6, 6.07) is 5.30. The number of rotatable bonds is 5. The molecule has 1 aromatic carbocycles. The lowest BCUT2D eigenvalue weighted by Crippen LogP contribution is -2.21. The molecule has 0 aromatic heterocycles. The van der Waals surface area contributed by atoms with E-state index in [0.717, 1.165) is 0 Å². The molecule has 0 unspecified atom stereocenters. The first-order valence-corrected chi connectivity index (χ1v) is 4.58. The Morgan fingerprint density at radius 3 is 2.56 bits per heavy atom. The summed E-state index contributed by atoms with van der Waals surface area (Å²) in [5.74, 6) is -0.634. The van der Waals surface area contributed by atoms with Crippen LogP contribution in [0.5, 0.6) is 5.75 Å². The number of amides is 1. The van der Waals surface area contributed by atoms with Crippen LogP contribution in [0.25, 0.3) is 0 Å². The maximum absolute atomic E-state index is 12.1. The molecule has 0 aliphatic rings. The van der Waals surface area contributed by atoms with Crippen molar-refractivity contribution in [1.29, 1.82) is 0 Å². The van der Waals surface area contributed by atoms with E-state index in [1.807, 2.05) is 0 Å². The molecule has 1 rings (SSSR count). The first kappa shape index (κ1) is 12.4. The predicted octanol–water partition coefficient (Wildman–Crippen LogP) is 1.16. The monoisotopic (exact) mass is 230 g/mol. The number of primary amides is 1. The molecule has 1 amide bonds. The second-order valence-corrected chi connectivity index (χ2v) is 3.19. The van der Waals surface area contributed by atoms with E-state index in [0.29, 0.717) is 5.56 Å². The van der Waals surface area contributed by atoms with Gasteiger partial charge in [0.1, 0.15) is 5.75 Å². The number of nitrogens with two attached hydrogens (primary N) is 2. The molecule has 1 atom stereocenters. The van der Waals surface area contributed by atoms with Crippen LogP contribution in [0.4, 0.5) is 8.78 Å². The van der Waals surface area contributed by atoms with Gasteiger partial charge in [0.25, 0.3) is 0 Å². The molecule has 0 saturated heterocycles. The third-order valence-corrected chi connectivity index (χ3v) is 1.96. The van der Waals surface area contributed by atoms with Gasteiger partial charge in [-0.3, -0.25) is 4.79 Å². The van der Waals surface area contributed by atoms with Crippen molar-refractivity contribution >= 4 is 5.91 Å². The van der Waals surface area contributed by atoms with Gasteiger partial charge in [-0.25, -0.2) is 0 Å². The second kappa shape index (κ2) is 5.41. The molecule has 0 saturated carbocycles. The lowest BCUT2D eigenvalue weighted by Gasteiger charge is -2.15. The largest absolute Gasteiger partial charge is 0.434 e. The highest BCUT2D eigenvalue weighted by molar-refractivity contribution is 5.74. The lowest BCUT2D eigenvalue weighted by molar-refractivity contribution is -0.118. The van der Waals surface area contributed by atoms with Gasteiger partial charge in [0.2, 0.25) is 5.91 Å². The lowest BCUT2D eigenvalue weighted by atomic mass is 10.0. The van der Waals surface area contributed by atoms with Crippen LogP contribution in [-0.2, 0) is 4.79 Å². The number of para-hydroxylation sites is 1. The molecular formula is C10H12F2N2O2. The zero-order valence-electron chi connectivity index (χ0n) is 8.40. The molecular weight excluding hydrogens is 218 g/mol. The van der Waals surface area contributed by atoms with Gasteiger partial charge >= 0.3 is 6.61 Å². The van der Waals surface area contributed by atoms with E-state index < -0.39 is 18.6 Å². The number of benzene rings is 1. The molecule has 0 fully saturated rings. The number of carbonyl (C=O) groups is 1. The summed E-state index contributed by atoms with van der Waals surface area (Å²) in [4.78, 5) is 10.7. The van der Waals surface area contributed by atoms with Crippen molar-refractivity contribution in [3.63, 3.8) is 0 Å². The van der Waals surface area contributed by atoms with Crippen LogP contribution in [0.15, 0.2) is 24.3 Å². The Morgan fingerprint density at radius 2 is 2.00 bits per heavy atom. The Hall–Kier alpha value is -1.69. The Labute approximate surface area is 91.2 Å². The van der Waals surface area contributed by atoms with Gasteiger partial charge in [-0.2, -0.15) is 8.78 Å². The van der Waals surface area contributed by atoms with Crippen LogP contribution in [0.1, 0.15) is 18.0 Å². The molecule has 0 aliphatic heterocycles. The average Bonchev–Trinajstić information content (AvgIpc) is 2.16. The van der Waals surface area contributed by atoms with Gasteiger partial charge in [0.15, 0.2) is 0 Å². The number of ether oxygens (including phenoxy) is 1. The van der Waals surface area contributed by atoms with Crippen molar-refractivity contribution in [3.8, 4) is 5.75 Å². The van der Waals surface area contributed by atoms with Gasteiger partial charge in [0.05, 0.1) is 0 Å². The quantitative estimate of drug-likeness (QED) is 0.796. The molecule has 6 heteroatoms. The molecule has 0 heterocycles. The molecule has 16 heavy (non-hydrogen) atoms. The van der Waals surface area contributed by atoms with E-state index >= 15 is 0 Å². The molecule has 0 radical (unpaired) electrons. The number of hydrogen-bond acceptors (Lipinski definition) is 3. The molecule has 0 aliphatic carbocycles. The average molecular weight is 230 g/mol.